The van der Waals surface area contributed by atoms with Crippen molar-refractivity contribution in [2.24, 2.45) is 0 Å². The molecule has 0 aromatic rings. The fraction of sp³-hybridized carbons (Fsp3) is 0.900. The molecule has 0 spiro atoms. The minimum Gasteiger partial charge on any atom is -0.393 e. The van der Waals surface area contributed by atoms with Gasteiger partial charge in [-0.15, -0.1) is 0 Å². The number of carbonyl (C=O) groups excluding carboxylic acids is 1. The summed E-state index contributed by atoms with van der Waals surface area (Å²) in [5.74, 6) is 0.221. The second-order valence-electron chi connectivity index (χ2n) is 3.68. The van der Waals surface area contributed by atoms with Crippen molar-refractivity contribution in [3.05, 3.63) is 0 Å². The normalized spacial score (nSPS) is 29.0. The molecular weight excluding hydrogens is 166 g/mol. The van der Waals surface area contributed by atoms with Gasteiger partial charge in [-0.3, -0.25) is 4.79 Å². The van der Waals surface area contributed by atoms with E-state index >= 15 is 0 Å². The van der Waals surface area contributed by atoms with Gasteiger partial charge in [0.05, 0.1) is 6.10 Å². The van der Waals surface area contributed by atoms with Crippen LogP contribution in [-0.4, -0.2) is 34.6 Å². The standard InChI is InChI=1S/C10H19NO2/c1-3-8-7-9(12)5-6-11(8)10(13)4-2/h8-9,12H,3-7H2,1-2H3. The lowest BCUT2D eigenvalue weighted by Crippen LogP contribution is -2.47. The van der Waals surface area contributed by atoms with Gasteiger partial charge in [-0.1, -0.05) is 13.8 Å². The highest BCUT2D eigenvalue weighted by atomic mass is 16.3. The molecule has 0 aromatic heterocycles. The third-order valence-electron chi connectivity index (χ3n) is 2.78. The van der Waals surface area contributed by atoms with Gasteiger partial charge in [0.25, 0.3) is 0 Å². The summed E-state index contributed by atoms with van der Waals surface area (Å²) < 4.78 is 0. The number of nitrogens with zero attached hydrogens (tertiary/aromatic N) is 1. The summed E-state index contributed by atoms with van der Waals surface area (Å²) in [4.78, 5) is 13.4. The first-order chi connectivity index (χ1) is 6.19. The van der Waals surface area contributed by atoms with Crippen molar-refractivity contribution >= 4 is 5.91 Å². The SMILES string of the molecule is CCC(=O)N1CCC(O)CC1CC. The van der Waals surface area contributed by atoms with E-state index in [1.807, 2.05) is 11.8 Å². The van der Waals surface area contributed by atoms with Gasteiger partial charge >= 0.3 is 0 Å². The number of rotatable bonds is 2. The van der Waals surface area contributed by atoms with Crippen LogP contribution in [0.4, 0.5) is 0 Å². The zero-order valence-electron chi connectivity index (χ0n) is 8.49. The molecular formula is C10H19NO2. The van der Waals surface area contributed by atoms with Gasteiger partial charge in [-0.25, -0.2) is 0 Å². The molecule has 2 unspecified atom stereocenters. The van der Waals surface area contributed by atoms with Gasteiger partial charge < -0.3 is 10.0 Å². The average molecular weight is 185 g/mol. The van der Waals surface area contributed by atoms with Gasteiger partial charge in [0, 0.05) is 19.0 Å². The Morgan fingerprint density at radius 1 is 1.54 bits per heavy atom. The molecule has 1 heterocycles. The highest BCUT2D eigenvalue weighted by molar-refractivity contribution is 5.76. The Morgan fingerprint density at radius 2 is 2.23 bits per heavy atom. The molecule has 1 N–H and O–H groups in total. The van der Waals surface area contributed by atoms with E-state index in [1.165, 1.54) is 0 Å². The molecule has 0 bridgehead atoms. The number of aliphatic hydroxyl groups excluding tert-OH is 1. The first kappa shape index (κ1) is 10.5. The van der Waals surface area contributed by atoms with Crippen LogP contribution in [0.15, 0.2) is 0 Å². The molecule has 0 radical (unpaired) electrons. The Bertz CT molecular complexity index is 182. The Balaban J connectivity index is 2.57. The van der Waals surface area contributed by atoms with Crippen LogP contribution >= 0.6 is 0 Å². The predicted molar refractivity (Wildman–Crippen MR) is 51.3 cm³/mol. The van der Waals surface area contributed by atoms with Crippen molar-refractivity contribution < 1.29 is 9.90 Å². The molecule has 1 fully saturated rings. The maximum absolute atomic E-state index is 11.5. The number of carbonyl (C=O) groups is 1. The lowest BCUT2D eigenvalue weighted by atomic mass is 9.97. The quantitative estimate of drug-likeness (QED) is 0.701. The molecule has 3 nitrogen and oxygen atoms in total. The van der Waals surface area contributed by atoms with Gasteiger partial charge in [-0.2, -0.15) is 0 Å². The van der Waals surface area contributed by atoms with E-state index in [0.29, 0.717) is 6.42 Å². The number of aliphatic hydroxyl groups is 1. The molecule has 3 heteroatoms. The molecule has 0 saturated carbocycles. The lowest BCUT2D eigenvalue weighted by Gasteiger charge is -2.37. The largest absolute Gasteiger partial charge is 0.393 e. The number of hydrogen-bond donors (Lipinski definition) is 1. The molecule has 1 saturated heterocycles. The van der Waals surface area contributed by atoms with Crippen molar-refractivity contribution in [3.63, 3.8) is 0 Å². The third kappa shape index (κ3) is 2.44. The smallest absolute Gasteiger partial charge is 0.222 e. The van der Waals surface area contributed by atoms with Crippen molar-refractivity contribution in [2.45, 2.75) is 51.7 Å². The Labute approximate surface area is 79.7 Å². The molecule has 1 aliphatic heterocycles. The summed E-state index contributed by atoms with van der Waals surface area (Å²) in [5, 5.41) is 9.44. The van der Waals surface area contributed by atoms with Crippen LogP contribution in [0, 0.1) is 0 Å². The van der Waals surface area contributed by atoms with Gasteiger partial charge in [0.1, 0.15) is 0 Å². The number of piperidine rings is 1. The van der Waals surface area contributed by atoms with E-state index < -0.39 is 0 Å². The van der Waals surface area contributed by atoms with Crippen LogP contribution in [0.2, 0.25) is 0 Å². The van der Waals surface area contributed by atoms with Crippen LogP contribution in [0.1, 0.15) is 39.5 Å². The molecule has 2 atom stereocenters. The van der Waals surface area contributed by atoms with E-state index in [2.05, 4.69) is 6.92 Å². The van der Waals surface area contributed by atoms with Gasteiger partial charge in [0.2, 0.25) is 5.91 Å². The van der Waals surface area contributed by atoms with Crippen LogP contribution in [0.3, 0.4) is 0 Å². The molecule has 76 valence electrons. The topological polar surface area (TPSA) is 40.5 Å². The Hall–Kier alpha value is -0.570. The summed E-state index contributed by atoms with van der Waals surface area (Å²) in [7, 11) is 0. The summed E-state index contributed by atoms with van der Waals surface area (Å²) in [5.41, 5.74) is 0. The zero-order chi connectivity index (χ0) is 9.84. The molecule has 0 aliphatic carbocycles. The molecule has 1 amide bonds. The predicted octanol–water partition coefficient (Wildman–Crippen LogP) is 1.16. The average Bonchev–Trinajstić information content (AvgIpc) is 2.16. The van der Waals surface area contributed by atoms with E-state index in [-0.39, 0.29) is 18.1 Å². The second kappa shape index (κ2) is 4.61. The first-order valence-electron chi connectivity index (χ1n) is 5.16. The van der Waals surface area contributed by atoms with Crippen LogP contribution in [0.5, 0.6) is 0 Å². The molecule has 1 rings (SSSR count). The monoisotopic (exact) mass is 185 g/mol. The van der Waals surface area contributed by atoms with E-state index in [9.17, 15) is 9.90 Å². The van der Waals surface area contributed by atoms with Crippen LogP contribution in [-0.2, 0) is 4.79 Å². The van der Waals surface area contributed by atoms with Gasteiger partial charge in [-0.05, 0) is 19.3 Å². The minimum absolute atomic E-state index is 0.203. The highest BCUT2D eigenvalue weighted by Crippen LogP contribution is 2.20. The van der Waals surface area contributed by atoms with Crippen LogP contribution in [0.25, 0.3) is 0 Å². The van der Waals surface area contributed by atoms with E-state index in [4.69, 9.17) is 0 Å². The second-order valence-corrected chi connectivity index (χ2v) is 3.68. The fourth-order valence-corrected chi connectivity index (χ4v) is 1.95. The highest BCUT2D eigenvalue weighted by Gasteiger charge is 2.28. The Kier molecular flexibility index (Phi) is 3.72. The molecule has 1 aliphatic rings. The summed E-state index contributed by atoms with van der Waals surface area (Å²) >= 11 is 0. The lowest BCUT2D eigenvalue weighted by molar-refractivity contribution is -0.136. The zero-order valence-corrected chi connectivity index (χ0v) is 8.49. The summed E-state index contributed by atoms with van der Waals surface area (Å²) in [6.07, 6.45) is 2.81. The number of amides is 1. The van der Waals surface area contributed by atoms with Crippen molar-refractivity contribution in [2.75, 3.05) is 6.54 Å². The van der Waals surface area contributed by atoms with Gasteiger partial charge in [0.15, 0.2) is 0 Å². The number of likely N-dealkylation sites (tertiary alicyclic amines) is 1. The Morgan fingerprint density at radius 3 is 2.77 bits per heavy atom. The summed E-state index contributed by atoms with van der Waals surface area (Å²) in [6, 6.07) is 0.260. The minimum atomic E-state index is -0.203. The van der Waals surface area contributed by atoms with Crippen molar-refractivity contribution in [1.29, 1.82) is 0 Å². The van der Waals surface area contributed by atoms with E-state index in [1.54, 1.807) is 0 Å². The fourth-order valence-electron chi connectivity index (χ4n) is 1.95. The summed E-state index contributed by atoms with van der Waals surface area (Å²) in [6.45, 7) is 4.69. The van der Waals surface area contributed by atoms with Crippen molar-refractivity contribution in [1.82, 2.24) is 4.90 Å². The maximum Gasteiger partial charge on any atom is 0.222 e. The first-order valence-corrected chi connectivity index (χ1v) is 5.16. The third-order valence-corrected chi connectivity index (χ3v) is 2.78. The molecule has 0 aromatic carbocycles. The maximum atomic E-state index is 11.5. The van der Waals surface area contributed by atoms with E-state index in [0.717, 1.165) is 25.8 Å². The van der Waals surface area contributed by atoms with Crippen LogP contribution < -0.4 is 0 Å². The number of hydrogen-bond acceptors (Lipinski definition) is 2. The van der Waals surface area contributed by atoms with Crippen molar-refractivity contribution in [3.8, 4) is 0 Å². The molecule has 13 heavy (non-hydrogen) atoms.